The van der Waals surface area contributed by atoms with Gasteiger partial charge in [0.25, 0.3) is 5.56 Å². The van der Waals surface area contributed by atoms with Crippen LogP contribution in [0.2, 0.25) is 0 Å². The molecular weight excluding hydrogens is 356 g/mol. The molecule has 0 aromatic carbocycles. The average molecular weight is 372 g/mol. The van der Waals surface area contributed by atoms with Gasteiger partial charge >= 0.3 is 5.69 Å². The summed E-state index contributed by atoms with van der Waals surface area (Å²) in [7, 11) is 0. The van der Waals surface area contributed by atoms with Crippen LogP contribution in [0.25, 0.3) is 10.4 Å². The molecule has 1 aliphatic heterocycles. The van der Waals surface area contributed by atoms with Gasteiger partial charge in [0.1, 0.15) is 18.4 Å². The first-order valence-electron chi connectivity index (χ1n) is 8.06. The van der Waals surface area contributed by atoms with Gasteiger partial charge in [-0.05, 0) is 24.6 Å². The number of aryl methyl sites for hydroxylation is 1. The molecule has 140 valence electrons. The molecule has 0 saturated carbocycles. The maximum Gasteiger partial charge on any atom is 0.330 e. The first-order valence-corrected chi connectivity index (χ1v) is 8.06. The average Bonchev–Trinajstić information content (AvgIpc) is 3.08. The van der Waals surface area contributed by atoms with Gasteiger partial charge < -0.3 is 9.84 Å². The fraction of sp³-hybridized carbons (Fsp3) is 0.375. The number of nitrogens with zero attached hydrogens (tertiary/aromatic N) is 5. The Morgan fingerprint density at radius 2 is 2.33 bits per heavy atom. The van der Waals surface area contributed by atoms with Gasteiger partial charge in [0.15, 0.2) is 5.78 Å². The number of hydrogen-bond acceptors (Lipinski definition) is 7. The van der Waals surface area contributed by atoms with Crippen molar-refractivity contribution in [2.24, 2.45) is 5.11 Å². The lowest BCUT2D eigenvalue weighted by Gasteiger charge is -2.21. The number of ketones is 1. The van der Waals surface area contributed by atoms with Crippen LogP contribution in [-0.4, -0.2) is 43.7 Å². The van der Waals surface area contributed by atoms with Crippen LogP contribution >= 0.6 is 0 Å². The molecule has 11 nitrogen and oxygen atoms in total. The summed E-state index contributed by atoms with van der Waals surface area (Å²) in [6.45, 7) is 1.52. The van der Waals surface area contributed by atoms with Crippen LogP contribution in [0.3, 0.4) is 0 Å². The van der Waals surface area contributed by atoms with Crippen molar-refractivity contribution in [3.8, 4) is 0 Å². The SMILES string of the molecule is Cc1cn([C@H]2CC(N=[N+]=[N-])[C@@H](C(O)C(=O)c3cccnc3)O2)c(=O)[nH]c1=O. The number of azide groups is 1. The first kappa shape index (κ1) is 18.5. The molecule has 4 atom stereocenters. The molecule has 27 heavy (non-hydrogen) atoms. The van der Waals surface area contributed by atoms with Crippen molar-refractivity contribution in [2.75, 3.05) is 0 Å². The molecule has 2 aromatic heterocycles. The number of aromatic amines is 1. The molecule has 2 aromatic rings. The third-order valence-corrected chi connectivity index (χ3v) is 4.32. The number of Topliss-reactive ketones (excluding diaryl/α,β-unsaturated/α-hetero) is 1. The molecule has 0 spiro atoms. The van der Waals surface area contributed by atoms with Crippen LogP contribution in [0.5, 0.6) is 0 Å². The largest absolute Gasteiger partial charge is 0.382 e. The number of aliphatic hydroxyl groups excluding tert-OH is 1. The van der Waals surface area contributed by atoms with Crippen LogP contribution in [0.4, 0.5) is 0 Å². The minimum absolute atomic E-state index is 0.0531. The van der Waals surface area contributed by atoms with Crippen LogP contribution < -0.4 is 11.2 Å². The standard InChI is InChI=1S/C16H16N6O5/c1-8-7-22(16(26)19-15(8)25)11-5-10(20-21-17)14(27-11)13(24)12(23)9-3-2-4-18-6-9/h2-4,6-7,10-11,13-14,24H,5H2,1H3,(H,19,25,26)/t10?,11-,13?,14+/m1/s1. The van der Waals surface area contributed by atoms with Crippen molar-refractivity contribution in [1.82, 2.24) is 14.5 Å². The predicted octanol–water partition coefficient (Wildman–Crippen LogP) is 0.450. The summed E-state index contributed by atoms with van der Waals surface area (Å²) in [4.78, 5) is 44.8. The van der Waals surface area contributed by atoms with Gasteiger partial charge in [-0.25, -0.2) is 4.79 Å². The summed E-state index contributed by atoms with van der Waals surface area (Å²) in [6, 6.07) is 2.16. The Labute approximate surface area is 151 Å². The highest BCUT2D eigenvalue weighted by Gasteiger charge is 2.43. The summed E-state index contributed by atoms with van der Waals surface area (Å²) >= 11 is 0. The highest BCUT2D eigenvalue weighted by atomic mass is 16.5. The second-order valence-electron chi connectivity index (χ2n) is 6.09. The van der Waals surface area contributed by atoms with Gasteiger partial charge in [-0.15, -0.1) is 0 Å². The van der Waals surface area contributed by atoms with E-state index in [0.29, 0.717) is 0 Å². The fourth-order valence-electron chi connectivity index (χ4n) is 2.94. The third kappa shape index (κ3) is 3.65. The lowest BCUT2D eigenvalue weighted by molar-refractivity contribution is -0.0529. The van der Waals surface area contributed by atoms with Gasteiger partial charge in [-0.2, -0.15) is 0 Å². The Balaban J connectivity index is 1.90. The topological polar surface area (TPSA) is 163 Å². The predicted molar refractivity (Wildman–Crippen MR) is 92.1 cm³/mol. The fourth-order valence-corrected chi connectivity index (χ4v) is 2.94. The van der Waals surface area contributed by atoms with Gasteiger partial charge in [0.05, 0.1) is 6.04 Å². The van der Waals surface area contributed by atoms with Gasteiger partial charge in [-0.1, -0.05) is 5.11 Å². The van der Waals surface area contributed by atoms with Gasteiger partial charge in [-0.3, -0.25) is 24.1 Å². The molecule has 0 amide bonds. The minimum Gasteiger partial charge on any atom is -0.382 e. The van der Waals surface area contributed by atoms with Crippen LogP contribution in [0, 0.1) is 6.92 Å². The number of aromatic nitrogens is 3. The van der Waals surface area contributed by atoms with Crippen molar-refractivity contribution in [3.63, 3.8) is 0 Å². The molecule has 0 radical (unpaired) electrons. The van der Waals surface area contributed by atoms with E-state index in [9.17, 15) is 19.5 Å². The quantitative estimate of drug-likeness (QED) is 0.335. The minimum atomic E-state index is -1.62. The van der Waals surface area contributed by atoms with E-state index in [2.05, 4.69) is 20.0 Å². The zero-order chi connectivity index (χ0) is 19.6. The smallest absolute Gasteiger partial charge is 0.330 e. The van der Waals surface area contributed by atoms with Crippen LogP contribution in [-0.2, 0) is 4.74 Å². The van der Waals surface area contributed by atoms with Crippen molar-refractivity contribution in [2.45, 2.75) is 37.8 Å². The molecule has 1 fully saturated rings. The number of nitrogens with one attached hydrogen (secondary N) is 1. The number of ether oxygens (including phenoxy) is 1. The van der Waals surface area contributed by atoms with Crippen molar-refractivity contribution in [1.29, 1.82) is 0 Å². The van der Waals surface area contributed by atoms with E-state index in [1.165, 1.54) is 31.6 Å². The van der Waals surface area contributed by atoms with Crippen molar-refractivity contribution < 1.29 is 14.6 Å². The summed E-state index contributed by atoms with van der Waals surface area (Å²) in [5.74, 6) is -0.642. The summed E-state index contributed by atoms with van der Waals surface area (Å²) in [5, 5.41) is 14.1. The Morgan fingerprint density at radius 1 is 1.56 bits per heavy atom. The number of aliphatic hydroxyl groups is 1. The Bertz CT molecular complexity index is 1010. The molecule has 11 heteroatoms. The van der Waals surface area contributed by atoms with Crippen molar-refractivity contribution in [3.05, 3.63) is 73.1 Å². The van der Waals surface area contributed by atoms with Crippen molar-refractivity contribution >= 4 is 5.78 Å². The number of rotatable bonds is 5. The molecular formula is C16H16N6O5. The first-order chi connectivity index (χ1) is 12.9. The Hall–Kier alpha value is -3.27. The number of hydrogen-bond donors (Lipinski definition) is 2. The van der Waals surface area contributed by atoms with E-state index in [4.69, 9.17) is 10.3 Å². The van der Waals surface area contributed by atoms with Gasteiger partial charge in [0.2, 0.25) is 0 Å². The number of carbonyl (C=O) groups is 1. The lowest BCUT2D eigenvalue weighted by Crippen LogP contribution is -2.40. The molecule has 1 saturated heterocycles. The summed E-state index contributed by atoms with van der Waals surface area (Å²) < 4.78 is 6.81. The van der Waals surface area contributed by atoms with Crippen LogP contribution in [0.1, 0.15) is 28.6 Å². The molecule has 3 heterocycles. The molecule has 0 aliphatic carbocycles. The summed E-state index contributed by atoms with van der Waals surface area (Å²) in [5.41, 5.74) is 8.02. The normalized spacial score (nSPS) is 22.8. The van der Waals surface area contributed by atoms with E-state index in [1.54, 1.807) is 6.07 Å². The van der Waals surface area contributed by atoms with E-state index >= 15 is 0 Å². The highest BCUT2D eigenvalue weighted by Crippen LogP contribution is 2.32. The molecule has 0 bridgehead atoms. The maximum atomic E-state index is 12.5. The monoisotopic (exact) mass is 372 g/mol. The van der Waals surface area contributed by atoms with E-state index < -0.39 is 41.5 Å². The molecule has 3 rings (SSSR count). The number of H-pyrrole nitrogens is 1. The molecule has 2 N–H and O–H groups in total. The van der Waals surface area contributed by atoms with E-state index in [1.807, 2.05) is 0 Å². The highest BCUT2D eigenvalue weighted by molar-refractivity contribution is 5.99. The zero-order valence-corrected chi connectivity index (χ0v) is 14.2. The van der Waals surface area contributed by atoms with Crippen LogP contribution in [0.15, 0.2) is 45.4 Å². The number of carbonyl (C=O) groups excluding carboxylic acids is 1. The van der Waals surface area contributed by atoms with E-state index in [-0.39, 0.29) is 17.5 Å². The summed E-state index contributed by atoms with van der Waals surface area (Å²) in [6.07, 6.45) is 0.473. The molecule has 1 aliphatic rings. The zero-order valence-electron chi connectivity index (χ0n) is 14.2. The maximum absolute atomic E-state index is 12.5. The van der Waals surface area contributed by atoms with Gasteiger partial charge in [0, 0.05) is 41.0 Å². The Morgan fingerprint density at radius 3 is 3.00 bits per heavy atom. The molecule has 2 unspecified atom stereocenters. The lowest BCUT2D eigenvalue weighted by atomic mass is 9.99. The third-order valence-electron chi connectivity index (χ3n) is 4.32. The Kier molecular flexibility index (Phi) is 5.17. The second kappa shape index (κ2) is 7.54. The second-order valence-corrected chi connectivity index (χ2v) is 6.09. The number of pyridine rings is 1. The van der Waals surface area contributed by atoms with E-state index in [0.717, 1.165) is 4.57 Å².